The maximum atomic E-state index is 12.8. The second-order valence-corrected chi connectivity index (χ2v) is 12.7. The van der Waals surface area contributed by atoms with Gasteiger partial charge in [0.25, 0.3) is 0 Å². The van der Waals surface area contributed by atoms with Gasteiger partial charge in [-0.3, -0.25) is 9.69 Å². The lowest BCUT2D eigenvalue weighted by molar-refractivity contribution is -0.282. The number of esters is 1. The molecule has 8 heteroatoms. The lowest BCUT2D eigenvalue weighted by Gasteiger charge is -2.69. The number of hydrogen-bond donors (Lipinski definition) is 0. The van der Waals surface area contributed by atoms with Crippen LogP contribution in [0.25, 0.3) is 0 Å². The molecule has 7 aliphatic rings. The summed E-state index contributed by atoms with van der Waals surface area (Å²) in [5.74, 6) is 0.698. The van der Waals surface area contributed by atoms with Crippen molar-refractivity contribution in [2.24, 2.45) is 34.5 Å². The molecule has 2 aliphatic heterocycles. The van der Waals surface area contributed by atoms with Gasteiger partial charge in [-0.2, -0.15) is 0 Å². The van der Waals surface area contributed by atoms with E-state index in [1.165, 1.54) is 0 Å². The Bertz CT molecular complexity index is 931. The van der Waals surface area contributed by atoms with Crippen LogP contribution < -0.4 is 0 Å². The van der Waals surface area contributed by atoms with E-state index in [0.717, 1.165) is 38.8 Å². The van der Waals surface area contributed by atoms with Crippen LogP contribution in [0.4, 0.5) is 0 Å². The van der Waals surface area contributed by atoms with Gasteiger partial charge in [0.2, 0.25) is 0 Å². The fourth-order valence-corrected chi connectivity index (χ4v) is 11.7. The largest absolute Gasteiger partial charge is 0.459 e. The van der Waals surface area contributed by atoms with Crippen LogP contribution in [0.2, 0.25) is 0 Å². The maximum Gasteiger partial charge on any atom is 0.303 e. The molecule has 0 aromatic heterocycles. The molecule has 7 bridgehead atoms. The molecule has 0 radical (unpaired) electrons. The zero-order valence-corrected chi connectivity index (χ0v) is 22.0. The molecule has 3 spiro atoms. The van der Waals surface area contributed by atoms with Crippen molar-refractivity contribution in [2.45, 2.75) is 88.1 Å². The van der Waals surface area contributed by atoms with Crippen LogP contribution in [0.5, 0.6) is 0 Å². The van der Waals surface area contributed by atoms with Crippen molar-refractivity contribution in [3.63, 3.8) is 0 Å². The van der Waals surface area contributed by atoms with Crippen LogP contribution in [0.1, 0.15) is 46.5 Å². The molecule has 8 nitrogen and oxygen atoms in total. The Labute approximate surface area is 208 Å². The number of methoxy groups -OCH3 is 3. The van der Waals surface area contributed by atoms with E-state index in [1.54, 1.807) is 6.92 Å². The third-order valence-electron chi connectivity index (χ3n) is 12.1. The Morgan fingerprint density at radius 2 is 1.94 bits per heavy atom. The lowest BCUT2D eigenvalue weighted by atomic mass is 9.43. The first-order valence-corrected chi connectivity index (χ1v) is 13.6. The second-order valence-electron chi connectivity index (χ2n) is 12.7. The van der Waals surface area contributed by atoms with Crippen molar-refractivity contribution in [3.8, 4) is 0 Å². The first kappa shape index (κ1) is 23.4. The number of fused-ring (bicyclic) bond motifs is 1. The molecule has 0 aromatic rings. The van der Waals surface area contributed by atoms with Crippen LogP contribution >= 0.6 is 0 Å². The molecule has 0 aromatic carbocycles. The third-order valence-corrected chi connectivity index (χ3v) is 12.1. The fourth-order valence-electron chi connectivity index (χ4n) is 11.7. The van der Waals surface area contributed by atoms with Crippen LogP contribution in [0.15, 0.2) is 0 Å². The summed E-state index contributed by atoms with van der Waals surface area (Å²) in [4.78, 5) is 15.4. The molecule has 2 heterocycles. The SMILES string of the molecule is CCN1C[C@]2(C)CC[C@H](OC)[C@@]34C1[C@]1(OCO[C@@]15C[C@H](OC)[C@H]1C[C@@H]3[C@@H]5[C@H]1OC)[C@@H](OC(C)=O)[C@H]24. The number of carbonyl (C=O) groups excluding carboxylic acids is 1. The monoisotopic (exact) mass is 491 g/mol. The van der Waals surface area contributed by atoms with Crippen LogP contribution in [0, 0.1) is 34.5 Å². The molecule has 7 fully saturated rings. The fraction of sp³-hybridized carbons (Fsp3) is 0.963. The minimum atomic E-state index is -0.776. The summed E-state index contributed by atoms with van der Waals surface area (Å²) in [7, 11) is 5.52. The minimum Gasteiger partial charge on any atom is -0.459 e. The summed E-state index contributed by atoms with van der Waals surface area (Å²) in [6.07, 6.45) is 3.57. The number of piperidine rings is 1. The number of rotatable bonds is 5. The summed E-state index contributed by atoms with van der Waals surface area (Å²) >= 11 is 0. The van der Waals surface area contributed by atoms with Gasteiger partial charge in [-0.25, -0.2) is 0 Å². The topological polar surface area (TPSA) is 75.7 Å². The highest BCUT2D eigenvalue weighted by Crippen LogP contribution is 2.82. The Balaban J connectivity index is 1.57. The number of nitrogens with zero attached hydrogens (tertiary/aromatic N) is 1. The number of ether oxygens (including phenoxy) is 6. The highest BCUT2D eigenvalue weighted by atomic mass is 16.7. The zero-order valence-electron chi connectivity index (χ0n) is 22.0. The van der Waals surface area contributed by atoms with E-state index in [0.29, 0.717) is 11.8 Å². The van der Waals surface area contributed by atoms with Crippen molar-refractivity contribution in [3.05, 3.63) is 0 Å². The van der Waals surface area contributed by atoms with Crippen LogP contribution in [-0.2, 0) is 33.2 Å². The molecule has 1 unspecified atom stereocenters. The van der Waals surface area contributed by atoms with Gasteiger partial charge in [0.1, 0.15) is 18.5 Å². The molecule has 7 rings (SSSR count). The smallest absolute Gasteiger partial charge is 0.303 e. The van der Waals surface area contributed by atoms with Crippen molar-refractivity contribution >= 4 is 5.97 Å². The normalized spacial score (nSPS) is 59.4. The summed E-state index contributed by atoms with van der Waals surface area (Å²) in [5.41, 5.74) is -1.61. The molecule has 35 heavy (non-hydrogen) atoms. The Hall–Kier alpha value is -0.770. The number of hydrogen-bond acceptors (Lipinski definition) is 8. The van der Waals surface area contributed by atoms with Crippen LogP contribution in [0.3, 0.4) is 0 Å². The van der Waals surface area contributed by atoms with Gasteiger partial charge >= 0.3 is 5.97 Å². The van der Waals surface area contributed by atoms with Crippen molar-refractivity contribution in [2.75, 3.05) is 41.2 Å². The summed E-state index contributed by atoms with van der Waals surface area (Å²) < 4.78 is 39.2. The molecule has 2 saturated heterocycles. The molecule has 5 saturated carbocycles. The van der Waals surface area contributed by atoms with Crippen molar-refractivity contribution in [1.29, 1.82) is 0 Å². The van der Waals surface area contributed by atoms with Gasteiger partial charge in [-0.05, 0) is 37.1 Å². The zero-order chi connectivity index (χ0) is 24.5. The predicted molar refractivity (Wildman–Crippen MR) is 124 cm³/mol. The quantitative estimate of drug-likeness (QED) is 0.542. The Morgan fingerprint density at radius 3 is 2.60 bits per heavy atom. The number of likely N-dealkylation sites (tertiary alicyclic amines) is 1. The Kier molecular flexibility index (Phi) is 4.81. The number of carbonyl (C=O) groups is 1. The van der Waals surface area contributed by atoms with E-state index in [9.17, 15) is 4.79 Å². The molecule has 0 amide bonds. The summed E-state index contributed by atoms with van der Waals surface area (Å²) in [6.45, 7) is 8.34. The highest BCUT2D eigenvalue weighted by molar-refractivity contribution is 5.67. The average molecular weight is 492 g/mol. The van der Waals surface area contributed by atoms with E-state index in [-0.39, 0.29) is 65.9 Å². The van der Waals surface area contributed by atoms with Gasteiger partial charge in [0.05, 0.1) is 24.4 Å². The molecule has 0 N–H and O–H groups in total. The Morgan fingerprint density at radius 1 is 1.14 bits per heavy atom. The van der Waals surface area contributed by atoms with E-state index in [4.69, 9.17) is 28.4 Å². The lowest BCUT2D eigenvalue weighted by Crippen LogP contribution is -2.81. The first-order valence-electron chi connectivity index (χ1n) is 13.6. The molecule has 196 valence electrons. The van der Waals surface area contributed by atoms with E-state index >= 15 is 0 Å². The maximum absolute atomic E-state index is 12.8. The molecular formula is C27H41NO7. The van der Waals surface area contributed by atoms with E-state index < -0.39 is 11.2 Å². The molecule has 5 aliphatic carbocycles. The van der Waals surface area contributed by atoms with Crippen molar-refractivity contribution in [1.82, 2.24) is 4.90 Å². The second kappa shape index (κ2) is 7.20. The van der Waals surface area contributed by atoms with Gasteiger partial charge < -0.3 is 28.4 Å². The van der Waals surface area contributed by atoms with Crippen LogP contribution in [-0.4, -0.2) is 93.7 Å². The van der Waals surface area contributed by atoms with Gasteiger partial charge in [-0.1, -0.05) is 13.8 Å². The minimum absolute atomic E-state index is 0.00174. The standard InChI is InChI=1S/C27H41NO7/c1-7-28-12-24(3)9-8-18(31-5)26-16-10-15-17(30-4)11-25(19(16)20(15)32-6)27(23(26)28,34-13-33-25)22(21(24)26)35-14(2)29/h15-23H,7-13H2,1-6H3/t15-,16-,17+,18+,19-,20+,21-,22+,23?,24+,25-,26+,27-/m1/s1. The summed E-state index contributed by atoms with van der Waals surface area (Å²) in [5, 5.41) is 0. The highest BCUT2D eigenvalue weighted by Gasteiger charge is 2.94. The number of likely N-dealkylation sites (N-methyl/N-ethyl adjacent to an activating group) is 1. The van der Waals surface area contributed by atoms with Gasteiger partial charge in [-0.15, -0.1) is 0 Å². The van der Waals surface area contributed by atoms with Gasteiger partial charge in [0.15, 0.2) is 5.60 Å². The average Bonchev–Trinajstić information content (AvgIpc) is 3.41. The van der Waals surface area contributed by atoms with Gasteiger partial charge in [0, 0.05) is 64.4 Å². The predicted octanol–water partition coefficient (Wildman–Crippen LogP) is 2.24. The molecule has 13 atom stereocenters. The molecular weight excluding hydrogens is 450 g/mol. The van der Waals surface area contributed by atoms with Crippen molar-refractivity contribution < 1.29 is 33.2 Å². The summed E-state index contributed by atoms with van der Waals surface area (Å²) in [6, 6.07) is 0.0586. The first-order chi connectivity index (χ1) is 16.8. The third kappa shape index (κ3) is 2.24. The van der Waals surface area contributed by atoms with E-state index in [2.05, 4.69) is 18.7 Å². The van der Waals surface area contributed by atoms with E-state index in [1.807, 2.05) is 21.3 Å².